The topological polar surface area (TPSA) is 26.3 Å². The van der Waals surface area contributed by atoms with Gasteiger partial charge in [0, 0.05) is 18.3 Å². The van der Waals surface area contributed by atoms with E-state index in [-0.39, 0.29) is 5.97 Å². The first-order valence-corrected chi connectivity index (χ1v) is 5.60. The normalized spacial score (nSPS) is 26.2. The number of esters is 1. The van der Waals surface area contributed by atoms with Crippen molar-refractivity contribution in [2.45, 2.75) is 12.8 Å². The minimum Gasteiger partial charge on any atom is -0.469 e. The maximum Gasteiger partial charge on any atom is 0.305 e. The minimum absolute atomic E-state index is 0.143. The predicted molar refractivity (Wildman–Crippen MR) is 63.7 cm³/mol. The number of hydrogen-bond donors (Lipinski definition) is 0. The molecule has 2 heteroatoms. The van der Waals surface area contributed by atoms with Crippen molar-refractivity contribution in [3.63, 3.8) is 0 Å². The van der Waals surface area contributed by atoms with Gasteiger partial charge in [-0.05, 0) is 6.42 Å². The van der Waals surface area contributed by atoms with E-state index in [1.807, 2.05) is 0 Å². The number of rotatable bonds is 3. The number of hydrogen-bond acceptors (Lipinski definition) is 2. The van der Waals surface area contributed by atoms with Crippen LogP contribution in [0.3, 0.4) is 0 Å². The van der Waals surface area contributed by atoms with Crippen molar-refractivity contribution in [2.24, 2.45) is 11.8 Å². The van der Waals surface area contributed by atoms with E-state index in [9.17, 15) is 4.79 Å². The highest BCUT2D eigenvalue weighted by atomic mass is 16.5. The van der Waals surface area contributed by atoms with Crippen molar-refractivity contribution < 1.29 is 9.53 Å². The lowest BCUT2D eigenvalue weighted by Gasteiger charge is -2.22. The molecule has 0 aromatic carbocycles. The SMILES string of the molecule is COC(=O)CCC1=CC2C=CC=CC2C=C1. The van der Waals surface area contributed by atoms with Crippen molar-refractivity contribution in [3.8, 4) is 0 Å². The highest BCUT2D eigenvalue weighted by molar-refractivity contribution is 5.69. The first-order valence-electron chi connectivity index (χ1n) is 5.60. The predicted octanol–water partition coefficient (Wildman–Crippen LogP) is 2.79. The van der Waals surface area contributed by atoms with E-state index in [4.69, 9.17) is 0 Å². The van der Waals surface area contributed by atoms with Gasteiger partial charge in [0.15, 0.2) is 0 Å². The highest BCUT2D eigenvalue weighted by Gasteiger charge is 2.17. The van der Waals surface area contributed by atoms with Gasteiger partial charge in [-0.2, -0.15) is 0 Å². The van der Waals surface area contributed by atoms with Crippen LogP contribution in [0, 0.1) is 11.8 Å². The van der Waals surface area contributed by atoms with Gasteiger partial charge in [-0.3, -0.25) is 4.79 Å². The average Bonchev–Trinajstić information content (AvgIpc) is 2.35. The van der Waals surface area contributed by atoms with Crippen LogP contribution in [-0.4, -0.2) is 13.1 Å². The van der Waals surface area contributed by atoms with Gasteiger partial charge in [0.25, 0.3) is 0 Å². The Labute approximate surface area is 96.0 Å². The Morgan fingerprint density at radius 2 is 2.00 bits per heavy atom. The molecule has 0 saturated carbocycles. The van der Waals surface area contributed by atoms with Crippen LogP contribution in [0.1, 0.15) is 12.8 Å². The molecule has 2 nitrogen and oxygen atoms in total. The molecule has 0 spiro atoms. The summed E-state index contributed by atoms with van der Waals surface area (Å²) in [6.07, 6.45) is 16.4. The zero-order valence-corrected chi connectivity index (χ0v) is 9.43. The molecule has 2 rings (SSSR count). The van der Waals surface area contributed by atoms with Crippen LogP contribution in [-0.2, 0) is 9.53 Å². The van der Waals surface area contributed by atoms with Crippen LogP contribution in [0.2, 0.25) is 0 Å². The number of fused-ring (bicyclic) bond motifs is 1. The zero-order chi connectivity index (χ0) is 11.4. The fourth-order valence-electron chi connectivity index (χ4n) is 2.05. The maximum absolute atomic E-state index is 11.0. The molecule has 16 heavy (non-hydrogen) atoms. The van der Waals surface area contributed by atoms with Crippen LogP contribution in [0.25, 0.3) is 0 Å². The molecule has 0 radical (unpaired) electrons. The first-order chi connectivity index (χ1) is 7.79. The van der Waals surface area contributed by atoms with Gasteiger partial charge in [0.1, 0.15) is 0 Å². The monoisotopic (exact) mass is 216 g/mol. The van der Waals surface area contributed by atoms with Crippen molar-refractivity contribution in [1.82, 2.24) is 0 Å². The fraction of sp³-hybridized carbons (Fsp3) is 0.357. The van der Waals surface area contributed by atoms with Gasteiger partial charge in [0.2, 0.25) is 0 Å². The highest BCUT2D eigenvalue weighted by Crippen LogP contribution is 2.29. The molecular weight excluding hydrogens is 200 g/mol. The summed E-state index contributed by atoms with van der Waals surface area (Å²) in [4.78, 5) is 11.0. The van der Waals surface area contributed by atoms with Gasteiger partial charge < -0.3 is 4.74 Å². The van der Waals surface area contributed by atoms with Crippen molar-refractivity contribution in [1.29, 1.82) is 0 Å². The summed E-state index contributed by atoms with van der Waals surface area (Å²) in [5.41, 5.74) is 1.23. The summed E-state index contributed by atoms with van der Waals surface area (Å²) >= 11 is 0. The van der Waals surface area contributed by atoms with Gasteiger partial charge in [-0.1, -0.05) is 48.1 Å². The summed E-state index contributed by atoms with van der Waals surface area (Å²) in [6, 6.07) is 0. The average molecular weight is 216 g/mol. The zero-order valence-electron chi connectivity index (χ0n) is 9.43. The number of carbonyl (C=O) groups is 1. The molecule has 2 aliphatic carbocycles. The van der Waals surface area contributed by atoms with Crippen LogP contribution in [0.15, 0.2) is 48.1 Å². The Morgan fingerprint density at radius 3 is 2.75 bits per heavy atom. The van der Waals surface area contributed by atoms with Crippen LogP contribution in [0.4, 0.5) is 0 Å². The second kappa shape index (κ2) is 4.97. The molecule has 0 bridgehead atoms. The number of allylic oxidation sites excluding steroid dienone is 8. The second-order valence-electron chi connectivity index (χ2n) is 4.10. The molecule has 2 atom stereocenters. The van der Waals surface area contributed by atoms with Crippen molar-refractivity contribution in [3.05, 3.63) is 48.1 Å². The smallest absolute Gasteiger partial charge is 0.305 e. The number of ether oxygens (including phenoxy) is 1. The summed E-state index contributed by atoms with van der Waals surface area (Å²) in [5.74, 6) is 0.810. The molecule has 2 aliphatic rings. The third-order valence-electron chi connectivity index (χ3n) is 3.01. The fourth-order valence-corrected chi connectivity index (χ4v) is 2.05. The Kier molecular flexibility index (Phi) is 3.40. The van der Waals surface area contributed by atoms with E-state index in [2.05, 4.69) is 47.3 Å². The van der Waals surface area contributed by atoms with Gasteiger partial charge in [-0.15, -0.1) is 0 Å². The standard InChI is InChI=1S/C14H16O2/c1-16-14(15)9-7-11-6-8-12-4-2-3-5-13(12)10-11/h2-6,8,10,12-13H,7,9H2,1H3. The molecule has 2 unspecified atom stereocenters. The lowest BCUT2D eigenvalue weighted by molar-refractivity contribution is -0.140. The lowest BCUT2D eigenvalue weighted by atomic mass is 9.82. The van der Waals surface area contributed by atoms with Gasteiger partial charge in [0.05, 0.1) is 7.11 Å². The van der Waals surface area contributed by atoms with Crippen molar-refractivity contribution >= 4 is 5.97 Å². The summed E-state index contributed by atoms with van der Waals surface area (Å²) < 4.78 is 4.63. The molecular formula is C14H16O2. The molecule has 0 saturated heterocycles. The molecule has 0 fully saturated rings. The first kappa shape index (κ1) is 10.9. The van der Waals surface area contributed by atoms with Gasteiger partial charge >= 0.3 is 5.97 Å². The quantitative estimate of drug-likeness (QED) is 0.678. The summed E-state index contributed by atoms with van der Waals surface area (Å²) in [7, 11) is 1.43. The summed E-state index contributed by atoms with van der Waals surface area (Å²) in [5, 5.41) is 0. The molecule has 0 heterocycles. The van der Waals surface area contributed by atoms with E-state index in [0.717, 1.165) is 6.42 Å². The number of carbonyl (C=O) groups excluding carboxylic acids is 1. The molecule has 84 valence electrons. The Hall–Kier alpha value is -1.57. The molecule has 0 amide bonds. The Balaban J connectivity index is 1.95. The van der Waals surface area contributed by atoms with Crippen LogP contribution >= 0.6 is 0 Å². The Morgan fingerprint density at radius 1 is 1.25 bits per heavy atom. The molecule has 0 aliphatic heterocycles. The van der Waals surface area contributed by atoms with Crippen LogP contribution in [0.5, 0.6) is 0 Å². The second-order valence-corrected chi connectivity index (χ2v) is 4.10. The third kappa shape index (κ3) is 2.51. The van der Waals surface area contributed by atoms with E-state index in [1.165, 1.54) is 12.7 Å². The maximum atomic E-state index is 11.0. The molecule has 0 N–H and O–H groups in total. The van der Waals surface area contributed by atoms with E-state index < -0.39 is 0 Å². The summed E-state index contributed by atoms with van der Waals surface area (Å²) in [6.45, 7) is 0. The minimum atomic E-state index is -0.143. The van der Waals surface area contributed by atoms with Gasteiger partial charge in [-0.25, -0.2) is 0 Å². The molecule has 0 aromatic heterocycles. The largest absolute Gasteiger partial charge is 0.469 e. The Bertz CT molecular complexity index is 386. The van der Waals surface area contributed by atoms with E-state index in [1.54, 1.807) is 0 Å². The lowest BCUT2D eigenvalue weighted by Crippen LogP contribution is -2.12. The van der Waals surface area contributed by atoms with E-state index in [0.29, 0.717) is 18.3 Å². The number of methoxy groups -OCH3 is 1. The van der Waals surface area contributed by atoms with Crippen LogP contribution < -0.4 is 0 Å². The van der Waals surface area contributed by atoms with E-state index >= 15 is 0 Å². The van der Waals surface area contributed by atoms with Crippen molar-refractivity contribution in [2.75, 3.05) is 7.11 Å². The molecule has 0 aromatic rings. The third-order valence-corrected chi connectivity index (χ3v) is 3.01.